The van der Waals surface area contributed by atoms with Crippen LogP contribution in [0.2, 0.25) is 0 Å². The predicted molar refractivity (Wildman–Crippen MR) is 149 cm³/mol. The summed E-state index contributed by atoms with van der Waals surface area (Å²) in [7, 11) is 0. The number of likely N-dealkylation sites (tertiary alicyclic amines) is 1. The number of hydrogen-bond donors (Lipinski definition) is 0. The van der Waals surface area contributed by atoms with Crippen LogP contribution in [0.15, 0.2) is 53.0 Å². The second kappa shape index (κ2) is 12.2. The molecule has 1 fully saturated rings. The number of amides is 1. The van der Waals surface area contributed by atoms with Gasteiger partial charge in [0.15, 0.2) is 0 Å². The van der Waals surface area contributed by atoms with Gasteiger partial charge in [-0.25, -0.2) is 4.79 Å². The molecule has 200 valence electrons. The number of nitrogens with zero attached hydrogens (tertiary/aromatic N) is 1. The summed E-state index contributed by atoms with van der Waals surface area (Å²) < 4.78 is 18.1. The number of carbonyl (C=O) groups excluding carboxylic acids is 2. The Kier molecular flexibility index (Phi) is 9.46. The lowest BCUT2D eigenvalue weighted by Crippen LogP contribution is -2.39. The van der Waals surface area contributed by atoms with E-state index >= 15 is 0 Å². The molecular weight excluding hydrogens is 534 g/mol. The molecule has 7 heteroatoms. The molecule has 1 unspecified atom stereocenters. The van der Waals surface area contributed by atoms with Gasteiger partial charge in [-0.3, -0.25) is 4.79 Å². The van der Waals surface area contributed by atoms with Crippen molar-refractivity contribution in [3.8, 4) is 5.75 Å². The Balaban J connectivity index is 1.67. The van der Waals surface area contributed by atoms with Gasteiger partial charge in [0.05, 0.1) is 12.5 Å². The van der Waals surface area contributed by atoms with E-state index < -0.39 is 11.2 Å². The Morgan fingerprint density at radius 1 is 1.03 bits per heavy atom. The quantitative estimate of drug-likeness (QED) is 0.325. The van der Waals surface area contributed by atoms with Crippen LogP contribution in [0.3, 0.4) is 0 Å². The number of benzene rings is 2. The van der Waals surface area contributed by atoms with Crippen molar-refractivity contribution < 1.29 is 23.8 Å². The van der Waals surface area contributed by atoms with Crippen molar-refractivity contribution in [1.82, 2.24) is 4.90 Å². The Morgan fingerprint density at radius 3 is 2.43 bits per heavy atom. The summed E-state index contributed by atoms with van der Waals surface area (Å²) in [6, 6.07) is 13.6. The van der Waals surface area contributed by atoms with Crippen LogP contribution >= 0.6 is 15.9 Å². The summed E-state index contributed by atoms with van der Waals surface area (Å²) in [5.74, 6) is 0.371. The first-order valence-electron chi connectivity index (χ1n) is 12.7. The average Bonchev–Trinajstić information content (AvgIpc) is 3.23. The molecule has 2 aromatic rings. The van der Waals surface area contributed by atoms with E-state index in [-0.39, 0.29) is 24.5 Å². The third-order valence-corrected chi connectivity index (χ3v) is 6.00. The first-order valence-corrected chi connectivity index (χ1v) is 13.5. The molecule has 1 aliphatic heterocycles. The number of ether oxygens (including phenoxy) is 3. The summed E-state index contributed by atoms with van der Waals surface area (Å²) in [6.07, 6.45) is 5.85. The van der Waals surface area contributed by atoms with Gasteiger partial charge >= 0.3 is 12.1 Å². The Labute approximate surface area is 229 Å². The molecule has 1 amide bonds. The molecule has 0 radical (unpaired) electrons. The van der Waals surface area contributed by atoms with E-state index in [1.807, 2.05) is 84.0 Å². The van der Waals surface area contributed by atoms with Crippen LogP contribution in [0, 0.1) is 0 Å². The van der Waals surface area contributed by atoms with Crippen LogP contribution in [0.4, 0.5) is 4.79 Å². The molecule has 0 bridgehead atoms. The number of rotatable bonds is 7. The van der Waals surface area contributed by atoms with Crippen LogP contribution < -0.4 is 4.74 Å². The second-order valence-corrected chi connectivity index (χ2v) is 12.2. The molecule has 0 aromatic heterocycles. The number of halogens is 1. The van der Waals surface area contributed by atoms with Crippen LogP contribution in [0.25, 0.3) is 6.08 Å². The van der Waals surface area contributed by atoms with E-state index in [2.05, 4.69) is 28.1 Å². The van der Waals surface area contributed by atoms with E-state index in [4.69, 9.17) is 14.2 Å². The molecule has 1 heterocycles. The van der Waals surface area contributed by atoms with E-state index in [9.17, 15) is 9.59 Å². The Bertz CT molecular complexity index is 1130. The maximum Gasteiger partial charge on any atom is 0.410 e. The Hall–Kier alpha value is -2.80. The lowest BCUT2D eigenvalue weighted by atomic mass is 10.1. The van der Waals surface area contributed by atoms with Gasteiger partial charge in [-0.05, 0) is 89.8 Å². The molecule has 0 aliphatic carbocycles. The molecule has 1 aliphatic rings. The van der Waals surface area contributed by atoms with E-state index in [1.165, 1.54) is 0 Å². The molecule has 2 aromatic carbocycles. The zero-order valence-electron chi connectivity index (χ0n) is 22.7. The van der Waals surface area contributed by atoms with Gasteiger partial charge in [-0.1, -0.05) is 46.3 Å². The van der Waals surface area contributed by atoms with Crippen LogP contribution in [0.5, 0.6) is 5.75 Å². The van der Waals surface area contributed by atoms with Crippen molar-refractivity contribution in [2.75, 3.05) is 6.54 Å². The third-order valence-electron chi connectivity index (χ3n) is 5.54. The van der Waals surface area contributed by atoms with Crippen molar-refractivity contribution in [2.24, 2.45) is 0 Å². The summed E-state index contributed by atoms with van der Waals surface area (Å²) in [6.45, 7) is 12.3. The van der Waals surface area contributed by atoms with E-state index in [0.717, 1.165) is 34.0 Å². The molecule has 0 spiro atoms. The van der Waals surface area contributed by atoms with E-state index in [1.54, 1.807) is 4.90 Å². The fourth-order valence-electron chi connectivity index (χ4n) is 4.10. The molecule has 6 nitrogen and oxygen atoms in total. The van der Waals surface area contributed by atoms with Crippen molar-refractivity contribution >= 4 is 34.1 Å². The fraction of sp³-hybridized carbons (Fsp3) is 0.467. The number of carbonyl (C=O) groups is 2. The summed E-state index contributed by atoms with van der Waals surface area (Å²) >= 11 is 3.60. The molecule has 0 saturated carbocycles. The minimum atomic E-state index is -0.532. The highest BCUT2D eigenvalue weighted by atomic mass is 79.9. The standard InChI is InChI=1S/C30H38BrNO5/c1-29(2,3)36-27(33)19-23-10-7-8-12-26(23)35-20-22-16-21(17-24(31)18-22)13-14-25-11-9-15-32(25)28(34)37-30(4,5)6/h7-8,10,12-14,16-18,25H,9,11,15,19-20H2,1-6H3/b14-13+. The zero-order chi connectivity index (χ0) is 27.2. The summed E-state index contributed by atoms with van der Waals surface area (Å²) in [4.78, 5) is 26.7. The van der Waals surface area contributed by atoms with Gasteiger partial charge in [-0.15, -0.1) is 0 Å². The maximum absolute atomic E-state index is 12.6. The minimum Gasteiger partial charge on any atom is -0.489 e. The molecule has 0 N–H and O–H groups in total. The zero-order valence-corrected chi connectivity index (χ0v) is 24.3. The van der Waals surface area contributed by atoms with Crippen molar-refractivity contribution in [3.63, 3.8) is 0 Å². The maximum atomic E-state index is 12.6. The fourth-order valence-corrected chi connectivity index (χ4v) is 4.66. The highest BCUT2D eigenvalue weighted by molar-refractivity contribution is 9.10. The molecule has 1 saturated heterocycles. The first-order chi connectivity index (χ1) is 17.3. The highest BCUT2D eigenvalue weighted by Crippen LogP contribution is 2.25. The first kappa shape index (κ1) is 28.8. The van der Waals surface area contributed by atoms with Crippen molar-refractivity contribution in [1.29, 1.82) is 0 Å². The normalized spacial score (nSPS) is 16.2. The number of esters is 1. The predicted octanol–water partition coefficient (Wildman–Crippen LogP) is 7.33. The molecule has 1 atom stereocenters. The van der Waals surface area contributed by atoms with Gasteiger partial charge in [0.2, 0.25) is 0 Å². The SMILES string of the molecule is CC(C)(C)OC(=O)Cc1ccccc1OCc1cc(Br)cc(/C=C/C2CCCN2C(=O)OC(C)(C)C)c1. The third kappa shape index (κ3) is 9.54. The van der Waals surface area contributed by atoms with E-state index in [0.29, 0.717) is 18.9 Å². The van der Waals surface area contributed by atoms with Gasteiger partial charge in [0.1, 0.15) is 23.6 Å². The van der Waals surface area contributed by atoms with Gasteiger partial charge in [-0.2, -0.15) is 0 Å². The van der Waals surface area contributed by atoms with Gasteiger partial charge in [0.25, 0.3) is 0 Å². The largest absolute Gasteiger partial charge is 0.489 e. The summed E-state index contributed by atoms with van der Waals surface area (Å²) in [5.41, 5.74) is 1.73. The number of para-hydroxylation sites is 1. The highest BCUT2D eigenvalue weighted by Gasteiger charge is 2.30. The Morgan fingerprint density at radius 2 is 1.73 bits per heavy atom. The second-order valence-electron chi connectivity index (χ2n) is 11.3. The number of hydrogen-bond acceptors (Lipinski definition) is 5. The summed E-state index contributed by atoms with van der Waals surface area (Å²) in [5, 5.41) is 0. The van der Waals surface area contributed by atoms with Gasteiger partial charge < -0.3 is 19.1 Å². The van der Waals surface area contributed by atoms with Gasteiger partial charge in [0, 0.05) is 16.6 Å². The van der Waals surface area contributed by atoms with Crippen LogP contribution in [0.1, 0.15) is 71.1 Å². The van der Waals surface area contributed by atoms with Crippen molar-refractivity contribution in [3.05, 3.63) is 69.7 Å². The smallest absolute Gasteiger partial charge is 0.410 e. The monoisotopic (exact) mass is 571 g/mol. The van der Waals surface area contributed by atoms with Crippen molar-refractivity contribution in [2.45, 2.75) is 84.7 Å². The molecular formula is C30H38BrNO5. The lowest BCUT2D eigenvalue weighted by Gasteiger charge is -2.27. The molecule has 37 heavy (non-hydrogen) atoms. The molecule has 3 rings (SSSR count). The lowest BCUT2D eigenvalue weighted by molar-refractivity contribution is -0.153. The topological polar surface area (TPSA) is 65.1 Å². The average molecular weight is 573 g/mol. The minimum absolute atomic E-state index is 0.00765. The van der Waals surface area contributed by atoms with Crippen LogP contribution in [-0.2, 0) is 27.3 Å². The van der Waals surface area contributed by atoms with Crippen LogP contribution in [-0.4, -0.2) is 40.8 Å².